The van der Waals surface area contributed by atoms with Crippen molar-refractivity contribution in [1.29, 1.82) is 0 Å². The maximum atomic E-state index is 13.3. The van der Waals surface area contributed by atoms with E-state index in [1.807, 2.05) is 26.0 Å². The van der Waals surface area contributed by atoms with E-state index in [-0.39, 0.29) is 5.82 Å². The van der Waals surface area contributed by atoms with Gasteiger partial charge in [0.25, 0.3) is 0 Å². The first kappa shape index (κ1) is 9.20. The molecule has 0 amide bonds. The van der Waals surface area contributed by atoms with Crippen LogP contribution in [0.5, 0.6) is 0 Å². The number of benzene rings is 1. The molecule has 0 radical (unpaired) electrons. The molecule has 0 bridgehead atoms. The number of halogens is 2. The highest BCUT2D eigenvalue weighted by Gasteiger charge is 2.36. The summed E-state index contributed by atoms with van der Waals surface area (Å²) < 4.78 is 13.3. The Balaban J connectivity index is 2.39. The van der Waals surface area contributed by atoms with Crippen LogP contribution in [0.2, 0.25) is 0 Å². The summed E-state index contributed by atoms with van der Waals surface area (Å²) in [4.78, 5) is 0.608. The number of hydrogen-bond donors (Lipinski definition) is 0. The van der Waals surface area contributed by atoms with Crippen LogP contribution >= 0.6 is 15.9 Å². The van der Waals surface area contributed by atoms with Crippen molar-refractivity contribution >= 4 is 15.9 Å². The number of aryl methyl sites for hydroxylation is 2. The highest BCUT2D eigenvalue weighted by Crippen LogP contribution is 2.46. The van der Waals surface area contributed by atoms with Gasteiger partial charge in [-0.05, 0) is 42.9 Å². The molecule has 0 nitrogen and oxygen atoms in total. The topological polar surface area (TPSA) is 0 Å². The summed E-state index contributed by atoms with van der Waals surface area (Å²) >= 11 is 3.56. The van der Waals surface area contributed by atoms with Gasteiger partial charge in [-0.1, -0.05) is 28.1 Å². The zero-order valence-electron chi connectivity index (χ0n) is 7.77. The van der Waals surface area contributed by atoms with Gasteiger partial charge in [0.1, 0.15) is 5.82 Å². The minimum Gasteiger partial charge on any atom is -0.206 e. The summed E-state index contributed by atoms with van der Waals surface area (Å²) in [5, 5.41) is 0. The summed E-state index contributed by atoms with van der Waals surface area (Å²) in [5.41, 5.74) is 2.81. The van der Waals surface area contributed by atoms with E-state index in [1.54, 1.807) is 0 Å². The van der Waals surface area contributed by atoms with Crippen molar-refractivity contribution in [3.8, 4) is 0 Å². The second kappa shape index (κ2) is 3.09. The molecule has 1 aliphatic rings. The lowest BCUT2D eigenvalue weighted by Crippen LogP contribution is -1.92. The zero-order chi connectivity index (χ0) is 9.59. The molecule has 1 saturated carbocycles. The van der Waals surface area contributed by atoms with Gasteiger partial charge in [0.05, 0.1) is 0 Å². The fourth-order valence-electron chi connectivity index (χ4n) is 1.70. The summed E-state index contributed by atoms with van der Waals surface area (Å²) in [6.45, 7) is 3.66. The molecule has 0 saturated heterocycles. The number of alkyl halides is 1. The van der Waals surface area contributed by atoms with E-state index in [0.717, 1.165) is 11.1 Å². The molecule has 2 atom stereocenters. The first-order valence-corrected chi connectivity index (χ1v) is 5.42. The van der Waals surface area contributed by atoms with Crippen molar-refractivity contribution in [2.45, 2.75) is 31.0 Å². The van der Waals surface area contributed by atoms with Crippen molar-refractivity contribution in [3.05, 3.63) is 34.6 Å². The van der Waals surface area contributed by atoms with Crippen molar-refractivity contribution in [2.75, 3.05) is 0 Å². The predicted molar refractivity (Wildman–Crippen MR) is 55.9 cm³/mol. The third-order valence-corrected chi connectivity index (χ3v) is 3.61. The van der Waals surface area contributed by atoms with E-state index in [2.05, 4.69) is 15.9 Å². The standard InChI is InChI=1S/C11H12BrF/c1-6-3-8(9-5-10(9)12)4-7(2)11(6)13/h3-4,9-10H,5H2,1-2H3. The minimum absolute atomic E-state index is 0.0597. The number of hydrogen-bond acceptors (Lipinski definition) is 0. The Kier molecular flexibility index (Phi) is 2.18. The molecule has 1 aromatic rings. The molecule has 0 aliphatic heterocycles. The summed E-state index contributed by atoms with van der Waals surface area (Å²) in [7, 11) is 0. The molecule has 1 aliphatic carbocycles. The Hall–Kier alpha value is -0.370. The van der Waals surface area contributed by atoms with E-state index in [0.29, 0.717) is 10.7 Å². The second-order valence-corrected chi connectivity index (χ2v) is 5.00. The Morgan fingerprint density at radius 3 is 2.15 bits per heavy atom. The van der Waals surface area contributed by atoms with Crippen molar-refractivity contribution in [3.63, 3.8) is 0 Å². The van der Waals surface area contributed by atoms with E-state index < -0.39 is 0 Å². The molecule has 2 unspecified atom stereocenters. The SMILES string of the molecule is Cc1cc(C2CC2Br)cc(C)c1F. The lowest BCUT2D eigenvalue weighted by molar-refractivity contribution is 0.608. The van der Waals surface area contributed by atoms with Crippen LogP contribution in [0, 0.1) is 19.7 Å². The van der Waals surface area contributed by atoms with Crippen LogP contribution in [-0.4, -0.2) is 4.83 Å². The lowest BCUT2D eigenvalue weighted by atomic mass is 10.0. The quantitative estimate of drug-likeness (QED) is 0.660. The molecular weight excluding hydrogens is 231 g/mol. The predicted octanol–water partition coefficient (Wildman–Crippen LogP) is 3.69. The Bertz CT molecular complexity index is 323. The highest BCUT2D eigenvalue weighted by atomic mass is 79.9. The molecule has 1 aromatic carbocycles. The highest BCUT2D eigenvalue weighted by molar-refractivity contribution is 9.09. The molecule has 13 heavy (non-hydrogen) atoms. The van der Waals surface area contributed by atoms with Gasteiger partial charge in [-0.3, -0.25) is 0 Å². The van der Waals surface area contributed by atoms with E-state index >= 15 is 0 Å². The van der Waals surface area contributed by atoms with Gasteiger partial charge in [0, 0.05) is 4.83 Å². The Morgan fingerprint density at radius 2 is 1.77 bits per heavy atom. The van der Waals surface area contributed by atoms with Gasteiger partial charge in [-0.25, -0.2) is 4.39 Å². The summed E-state index contributed by atoms with van der Waals surface area (Å²) in [6, 6.07) is 3.93. The van der Waals surface area contributed by atoms with E-state index in [9.17, 15) is 4.39 Å². The molecule has 0 heterocycles. The van der Waals surface area contributed by atoms with Gasteiger partial charge in [-0.2, -0.15) is 0 Å². The van der Waals surface area contributed by atoms with E-state index in [1.165, 1.54) is 12.0 Å². The maximum absolute atomic E-state index is 13.3. The molecule has 0 aromatic heterocycles. The first-order chi connectivity index (χ1) is 6.09. The number of rotatable bonds is 1. The van der Waals surface area contributed by atoms with Crippen LogP contribution in [-0.2, 0) is 0 Å². The zero-order valence-corrected chi connectivity index (χ0v) is 9.36. The van der Waals surface area contributed by atoms with Crippen molar-refractivity contribution < 1.29 is 4.39 Å². The van der Waals surface area contributed by atoms with Crippen LogP contribution in [0.1, 0.15) is 29.0 Å². The van der Waals surface area contributed by atoms with Gasteiger partial charge in [0.2, 0.25) is 0 Å². The average Bonchev–Trinajstić information content (AvgIpc) is 2.77. The molecule has 1 fully saturated rings. The average molecular weight is 243 g/mol. The third kappa shape index (κ3) is 1.64. The van der Waals surface area contributed by atoms with Crippen LogP contribution in [0.4, 0.5) is 4.39 Å². The van der Waals surface area contributed by atoms with Crippen LogP contribution < -0.4 is 0 Å². The Labute approximate surface area is 86.3 Å². The first-order valence-electron chi connectivity index (χ1n) is 4.50. The molecule has 0 N–H and O–H groups in total. The second-order valence-electron chi connectivity index (χ2n) is 3.83. The van der Waals surface area contributed by atoms with E-state index in [4.69, 9.17) is 0 Å². The lowest BCUT2D eigenvalue weighted by Gasteiger charge is -2.05. The van der Waals surface area contributed by atoms with Crippen LogP contribution in [0.25, 0.3) is 0 Å². The molecular formula is C11H12BrF. The molecule has 0 spiro atoms. The van der Waals surface area contributed by atoms with Gasteiger partial charge < -0.3 is 0 Å². The summed E-state index contributed by atoms with van der Waals surface area (Å²) in [5.74, 6) is 0.550. The molecule has 70 valence electrons. The minimum atomic E-state index is -0.0597. The molecule has 2 rings (SSSR count). The normalized spacial score (nSPS) is 26.2. The largest absolute Gasteiger partial charge is 0.206 e. The van der Waals surface area contributed by atoms with Crippen molar-refractivity contribution in [1.82, 2.24) is 0 Å². The van der Waals surface area contributed by atoms with Gasteiger partial charge in [0.15, 0.2) is 0 Å². The van der Waals surface area contributed by atoms with Gasteiger partial charge in [-0.15, -0.1) is 0 Å². The van der Waals surface area contributed by atoms with Crippen molar-refractivity contribution in [2.24, 2.45) is 0 Å². The Morgan fingerprint density at radius 1 is 1.31 bits per heavy atom. The maximum Gasteiger partial charge on any atom is 0.129 e. The van der Waals surface area contributed by atoms with Crippen LogP contribution in [0.15, 0.2) is 12.1 Å². The molecule has 2 heteroatoms. The monoisotopic (exact) mass is 242 g/mol. The van der Waals surface area contributed by atoms with Crippen LogP contribution in [0.3, 0.4) is 0 Å². The summed E-state index contributed by atoms with van der Waals surface area (Å²) in [6.07, 6.45) is 1.19. The fraction of sp³-hybridized carbons (Fsp3) is 0.455. The smallest absolute Gasteiger partial charge is 0.129 e. The van der Waals surface area contributed by atoms with Gasteiger partial charge >= 0.3 is 0 Å². The third-order valence-electron chi connectivity index (χ3n) is 2.60. The fourth-order valence-corrected chi connectivity index (χ4v) is 2.41.